The average molecular weight is 407 g/mol. The van der Waals surface area contributed by atoms with Crippen LogP contribution in [0.3, 0.4) is 0 Å². The van der Waals surface area contributed by atoms with Crippen LogP contribution in [0.2, 0.25) is 0 Å². The number of rotatable bonds is 4. The number of aliphatic imine (C=N–C) groups is 1. The quantitative estimate of drug-likeness (QED) is 0.520. The van der Waals surface area contributed by atoms with Crippen molar-refractivity contribution in [3.8, 4) is 5.75 Å². The number of ketones is 1. The van der Waals surface area contributed by atoms with Crippen LogP contribution in [-0.4, -0.2) is 34.6 Å². The predicted octanol–water partition coefficient (Wildman–Crippen LogP) is 3.01. The highest BCUT2D eigenvalue weighted by atomic mass is 16.5. The Morgan fingerprint density at radius 2 is 1.93 bits per heavy atom. The highest BCUT2D eigenvalue weighted by Crippen LogP contribution is 2.34. The van der Waals surface area contributed by atoms with Crippen LogP contribution in [0.4, 0.5) is 5.69 Å². The first-order chi connectivity index (χ1) is 14.3. The van der Waals surface area contributed by atoms with E-state index in [0.717, 1.165) is 0 Å². The van der Waals surface area contributed by atoms with Crippen molar-refractivity contribution in [2.45, 2.75) is 13.5 Å². The Hall–Kier alpha value is -4.14. The molecule has 4 rings (SSSR count). The van der Waals surface area contributed by atoms with Gasteiger partial charge >= 0.3 is 11.6 Å². The Labute approximate surface area is 168 Å². The van der Waals surface area contributed by atoms with Gasteiger partial charge in [0.2, 0.25) is 0 Å². The van der Waals surface area contributed by atoms with Crippen LogP contribution in [0.1, 0.15) is 31.8 Å². The maximum absolute atomic E-state index is 12.8. The number of carbonyl (C=O) groups excluding carboxylic acids is 1. The van der Waals surface area contributed by atoms with E-state index in [1.807, 2.05) is 0 Å². The van der Waals surface area contributed by atoms with Crippen LogP contribution in [0.15, 0.2) is 50.6 Å². The van der Waals surface area contributed by atoms with E-state index in [4.69, 9.17) is 14.3 Å². The Morgan fingerprint density at radius 3 is 2.63 bits per heavy atom. The fraction of sp³-hybridized carbons (Fsp3) is 0.143. The zero-order chi connectivity index (χ0) is 21.6. The van der Waals surface area contributed by atoms with E-state index in [1.54, 1.807) is 19.1 Å². The van der Waals surface area contributed by atoms with E-state index < -0.39 is 17.4 Å². The van der Waals surface area contributed by atoms with Gasteiger partial charge in [-0.3, -0.25) is 4.79 Å². The van der Waals surface area contributed by atoms with Crippen LogP contribution in [0.25, 0.3) is 11.0 Å². The molecule has 1 aliphatic heterocycles. The Kier molecular flexibility index (Phi) is 4.50. The molecule has 1 N–H and O–H groups in total. The second kappa shape index (κ2) is 7.03. The molecule has 0 unspecified atom stereocenters. The molecule has 9 nitrogen and oxygen atoms in total. The van der Waals surface area contributed by atoms with Gasteiger partial charge in [0.15, 0.2) is 12.6 Å². The van der Waals surface area contributed by atoms with Crippen molar-refractivity contribution >= 4 is 34.3 Å². The van der Waals surface area contributed by atoms with Gasteiger partial charge in [-0.15, -0.1) is 0 Å². The molecule has 0 bridgehead atoms. The fourth-order valence-electron chi connectivity index (χ4n) is 3.31. The number of carbonyl (C=O) groups is 2. The van der Waals surface area contributed by atoms with Gasteiger partial charge in [0.1, 0.15) is 11.3 Å². The molecule has 150 valence electrons. The summed E-state index contributed by atoms with van der Waals surface area (Å²) in [6, 6.07) is 8.68. The largest absolute Gasteiger partial charge is 0.478 e. The molecule has 0 amide bonds. The van der Waals surface area contributed by atoms with Crippen molar-refractivity contribution < 1.29 is 28.6 Å². The van der Waals surface area contributed by atoms with Crippen LogP contribution < -0.4 is 10.4 Å². The maximum atomic E-state index is 12.8. The van der Waals surface area contributed by atoms with Gasteiger partial charge in [0, 0.05) is 32.7 Å². The van der Waals surface area contributed by atoms with Crippen molar-refractivity contribution in [3.05, 3.63) is 74.0 Å². The number of carboxylic acids is 1. The first-order valence-corrected chi connectivity index (χ1v) is 8.88. The topological polar surface area (TPSA) is 126 Å². The summed E-state index contributed by atoms with van der Waals surface area (Å²) in [4.78, 5) is 51.7. The first-order valence-electron chi connectivity index (χ1n) is 8.88. The average Bonchev–Trinajstić information content (AvgIpc) is 3.02. The lowest BCUT2D eigenvalue weighted by atomic mass is 10.0. The number of nitrogens with zero attached hydrogens (tertiary/aromatic N) is 2. The summed E-state index contributed by atoms with van der Waals surface area (Å²) in [7, 11) is 1.24. The molecule has 0 fully saturated rings. The zero-order valence-corrected chi connectivity index (χ0v) is 16.0. The minimum absolute atomic E-state index is 0.0402. The smallest absolute Gasteiger partial charge is 0.336 e. The molecular weight excluding hydrogens is 392 g/mol. The molecule has 0 radical (unpaired) electrons. The van der Waals surface area contributed by atoms with E-state index >= 15 is 0 Å². The molecular formula is C21H15N2O7+. The number of aromatic carboxylic acids is 1. The number of benzene rings is 2. The van der Waals surface area contributed by atoms with Crippen molar-refractivity contribution in [1.82, 2.24) is 0 Å². The third-order valence-corrected chi connectivity index (χ3v) is 4.77. The summed E-state index contributed by atoms with van der Waals surface area (Å²) < 4.78 is 11.3. The number of nitroso groups, excluding NO2 is 1. The van der Waals surface area contributed by atoms with E-state index in [0.29, 0.717) is 21.3 Å². The van der Waals surface area contributed by atoms with Gasteiger partial charge in [-0.2, -0.15) is 0 Å². The minimum atomic E-state index is -1.16. The van der Waals surface area contributed by atoms with Crippen LogP contribution >= 0.6 is 0 Å². The van der Waals surface area contributed by atoms with Crippen molar-refractivity contribution in [3.63, 3.8) is 0 Å². The van der Waals surface area contributed by atoms with Crippen molar-refractivity contribution in [1.29, 1.82) is 0 Å². The standard InChI is InChI=1S/C21H14N2O7/c1-10-7-16(24)30-19-13(10)5-6-15-17(19)18(25)20(29-15)22-9-12-4-3-11(21(26)27)8-14(12)23(2)28/h3-8H,9H2,1-2H3/p+1. The van der Waals surface area contributed by atoms with Gasteiger partial charge in [-0.25, -0.2) is 14.6 Å². The van der Waals surface area contributed by atoms with Gasteiger partial charge in [-0.1, -0.05) is 0 Å². The molecule has 1 aromatic heterocycles. The van der Waals surface area contributed by atoms with Gasteiger partial charge in [0.25, 0.3) is 17.4 Å². The molecule has 9 heteroatoms. The molecule has 0 aliphatic carbocycles. The predicted molar refractivity (Wildman–Crippen MR) is 106 cm³/mol. The monoisotopic (exact) mass is 407 g/mol. The maximum Gasteiger partial charge on any atom is 0.336 e. The second-order valence-corrected chi connectivity index (χ2v) is 6.76. The van der Waals surface area contributed by atoms with Gasteiger partial charge in [-0.05, 0) is 36.8 Å². The molecule has 2 aromatic carbocycles. The van der Waals surface area contributed by atoms with E-state index in [2.05, 4.69) is 4.99 Å². The van der Waals surface area contributed by atoms with E-state index in [9.17, 15) is 19.3 Å². The summed E-state index contributed by atoms with van der Waals surface area (Å²) in [6.07, 6.45) is 0. The highest BCUT2D eigenvalue weighted by Gasteiger charge is 2.33. The number of hydrogen-bond donors (Lipinski definition) is 1. The lowest BCUT2D eigenvalue weighted by Crippen LogP contribution is -2.13. The summed E-state index contributed by atoms with van der Waals surface area (Å²) in [6.45, 7) is 1.65. The molecule has 2 heterocycles. The van der Waals surface area contributed by atoms with Crippen molar-refractivity contribution in [2.24, 2.45) is 4.99 Å². The molecule has 0 saturated heterocycles. The second-order valence-electron chi connectivity index (χ2n) is 6.76. The minimum Gasteiger partial charge on any atom is -0.478 e. The number of hydrogen-bond acceptors (Lipinski definition) is 7. The fourth-order valence-corrected chi connectivity index (χ4v) is 3.31. The van der Waals surface area contributed by atoms with Crippen LogP contribution in [0, 0.1) is 11.8 Å². The number of Topliss-reactive ketones (excluding diaryl/α,β-unsaturated/α-hetero) is 1. The molecule has 0 spiro atoms. The number of fused-ring (bicyclic) bond motifs is 3. The summed E-state index contributed by atoms with van der Waals surface area (Å²) in [5, 5.41) is 9.72. The third kappa shape index (κ3) is 3.16. The summed E-state index contributed by atoms with van der Waals surface area (Å²) in [5.74, 6) is -1.68. The Bertz CT molecular complexity index is 1350. The Morgan fingerprint density at radius 1 is 1.17 bits per heavy atom. The Balaban J connectivity index is 1.72. The summed E-state index contributed by atoms with van der Waals surface area (Å²) >= 11 is 0. The summed E-state index contributed by atoms with van der Waals surface area (Å²) in [5.41, 5.74) is 0.852. The zero-order valence-electron chi connectivity index (χ0n) is 16.0. The van der Waals surface area contributed by atoms with Crippen molar-refractivity contribution in [2.75, 3.05) is 7.05 Å². The number of ether oxygens (including phenoxy) is 1. The lowest BCUT2D eigenvalue weighted by molar-refractivity contribution is -0.428. The molecule has 0 atom stereocenters. The molecule has 3 aromatic rings. The molecule has 30 heavy (non-hydrogen) atoms. The molecule has 0 saturated carbocycles. The first kappa shape index (κ1) is 19.2. The molecule has 1 aliphatic rings. The van der Waals surface area contributed by atoms with Crippen LogP contribution in [-0.2, 0) is 6.54 Å². The van der Waals surface area contributed by atoms with Gasteiger partial charge < -0.3 is 14.3 Å². The number of carboxylic acid groups (broad SMARTS) is 1. The highest BCUT2D eigenvalue weighted by molar-refractivity contribution is 6.48. The van der Waals surface area contributed by atoms with Gasteiger partial charge in [0.05, 0.1) is 12.1 Å². The lowest BCUT2D eigenvalue weighted by Gasteiger charge is -2.02. The third-order valence-electron chi connectivity index (χ3n) is 4.77. The number of aryl methyl sites for hydroxylation is 1. The van der Waals surface area contributed by atoms with E-state index in [-0.39, 0.29) is 40.6 Å². The SMILES string of the molecule is Cc1cc(=O)oc2c3c(ccc12)OC(=NCc1ccc(C(=O)O)cc1[N+](C)=O)C3=O. The normalized spacial score (nSPS) is 14.1. The van der Waals surface area contributed by atoms with E-state index in [1.165, 1.54) is 31.3 Å². The van der Waals surface area contributed by atoms with Crippen LogP contribution in [0.5, 0.6) is 5.75 Å².